The van der Waals surface area contributed by atoms with E-state index in [9.17, 15) is 9.59 Å². The third-order valence-electron chi connectivity index (χ3n) is 4.38. The first kappa shape index (κ1) is 13.4. The molecule has 3 atom stereocenters. The van der Waals surface area contributed by atoms with Crippen LogP contribution in [0.2, 0.25) is 0 Å². The van der Waals surface area contributed by atoms with Crippen LogP contribution in [0.3, 0.4) is 0 Å². The van der Waals surface area contributed by atoms with Gasteiger partial charge in [0.25, 0.3) is 0 Å². The van der Waals surface area contributed by atoms with Gasteiger partial charge in [-0.2, -0.15) is 0 Å². The van der Waals surface area contributed by atoms with E-state index in [4.69, 9.17) is 0 Å². The van der Waals surface area contributed by atoms with Crippen LogP contribution in [0, 0.1) is 5.92 Å². The zero-order valence-corrected chi connectivity index (χ0v) is 11.7. The van der Waals surface area contributed by atoms with Crippen molar-refractivity contribution < 1.29 is 9.59 Å². The fraction of sp³-hybridized carbons (Fsp3) is 0.857. The maximum absolute atomic E-state index is 12.5. The van der Waals surface area contributed by atoms with Crippen molar-refractivity contribution in [1.29, 1.82) is 0 Å². The minimum absolute atomic E-state index is 0.141. The summed E-state index contributed by atoms with van der Waals surface area (Å²) in [6.07, 6.45) is 3.98. The molecule has 0 spiro atoms. The van der Waals surface area contributed by atoms with Crippen molar-refractivity contribution in [1.82, 2.24) is 9.80 Å². The first-order chi connectivity index (χ1) is 8.56. The second kappa shape index (κ2) is 5.29. The molecule has 2 fully saturated rings. The Morgan fingerprint density at radius 2 is 2.00 bits per heavy atom. The van der Waals surface area contributed by atoms with Gasteiger partial charge in [-0.1, -0.05) is 20.3 Å². The van der Waals surface area contributed by atoms with Crippen molar-refractivity contribution >= 4 is 11.8 Å². The van der Waals surface area contributed by atoms with E-state index < -0.39 is 0 Å². The van der Waals surface area contributed by atoms with Crippen LogP contribution >= 0.6 is 0 Å². The molecule has 0 aliphatic carbocycles. The highest BCUT2D eigenvalue weighted by molar-refractivity contribution is 5.96. The average molecular weight is 252 g/mol. The van der Waals surface area contributed by atoms with Crippen LogP contribution < -0.4 is 0 Å². The Kier molecular flexibility index (Phi) is 3.93. The summed E-state index contributed by atoms with van der Waals surface area (Å²) in [5.74, 6) is 0.768. The van der Waals surface area contributed by atoms with Gasteiger partial charge in [0.1, 0.15) is 12.1 Å². The summed E-state index contributed by atoms with van der Waals surface area (Å²) in [5.41, 5.74) is 0. The Morgan fingerprint density at radius 1 is 1.28 bits per heavy atom. The molecule has 2 amide bonds. The third-order valence-corrected chi connectivity index (χ3v) is 4.38. The molecule has 0 aromatic heterocycles. The summed E-state index contributed by atoms with van der Waals surface area (Å²) < 4.78 is 0. The van der Waals surface area contributed by atoms with E-state index in [0.717, 1.165) is 32.2 Å². The number of hydrogen-bond acceptors (Lipinski definition) is 2. The largest absolute Gasteiger partial charge is 0.329 e. The van der Waals surface area contributed by atoms with Crippen LogP contribution in [0.1, 0.15) is 46.5 Å². The molecule has 2 saturated heterocycles. The zero-order chi connectivity index (χ0) is 13.3. The number of amides is 2. The van der Waals surface area contributed by atoms with E-state index in [1.54, 1.807) is 0 Å². The molecular formula is C14H24N2O2. The molecule has 0 aromatic rings. The highest BCUT2D eigenvalue weighted by Crippen LogP contribution is 2.26. The Balaban J connectivity index is 2.16. The van der Waals surface area contributed by atoms with Gasteiger partial charge in [-0.3, -0.25) is 9.59 Å². The van der Waals surface area contributed by atoms with Crippen molar-refractivity contribution in [2.75, 3.05) is 13.1 Å². The first-order valence-electron chi connectivity index (χ1n) is 7.17. The summed E-state index contributed by atoms with van der Waals surface area (Å²) in [6, 6.07) is -0.452. The number of piperazine rings is 1. The fourth-order valence-corrected chi connectivity index (χ4v) is 2.92. The third kappa shape index (κ3) is 2.25. The predicted octanol–water partition coefficient (Wildman–Crippen LogP) is 1.64. The summed E-state index contributed by atoms with van der Waals surface area (Å²) in [5, 5.41) is 0. The Bertz CT molecular complexity index is 343. The van der Waals surface area contributed by atoms with Crippen molar-refractivity contribution in [3.05, 3.63) is 0 Å². The summed E-state index contributed by atoms with van der Waals surface area (Å²) in [6.45, 7) is 7.60. The number of hydrogen-bond donors (Lipinski definition) is 0. The number of fused-ring (bicyclic) bond motifs is 1. The quantitative estimate of drug-likeness (QED) is 0.766. The number of piperidine rings is 1. The highest BCUT2D eigenvalue weighted by Gasteiger charge is 2.44. The maximum Gasteiger partial charge on any atom is 0.246 e. The molecule has 0 aromatic carbocycles. The number of rotatable bonds is 3. The lowest BCUT2D eigenvalue weighted by Gasteiger charge is -2.46. The molecule has 102 valence electrons. The second-order valence-corrected chi connectivity index (χ2v) is 5.72. The van der Waals surface area contributed by atoms with Gasteiger partial charge in [0.2, 0.25) is 11.8 Å². The molecule has 4 nitrogen and oxygen atoms in total. The molecule has 0 bridgehead atoms. The predicted molar refractivity (Wildman–Crippen MR) is 70.0 cm³/mol. The van der Waals surface area contributed by atoms with Gasteiger partial charge in [0.05, 0.1) is 0 Å². The molecule has 4 heteroatoms. The van der Waals surface area contributed by atoms with Crippen molar-refractivity contribution in [2.24, 2.45) is 5.92 Å². The van der Waals surface area contributed by atoms with Gasteiger partial charge < -0.3 is 9.80 Å². The van der Waals surface area contributed by atoms with E-state index in [0.29, 0.717) is 12.5 Å². The van der Waals surface area contributed by atoms with Crippen molar-refractivity contribution in [3.63, 3.8) is 0 Å². The minimum Gasteiger partial charge on any atom is -0.329 e. The fourth-order valence-electron chi connectivity index (χ4n) is 2.92. The van der Waals surface area contributed by atoms with Gasteiger partial charge in [-0.25, -0.2) is 0 Å². The Hall–Kier alpha value is -1.06. The van der Waals surface area contributed by atoms with Gasteiger partial charge in [-0.05, 0) is 32.1 Å². The second-order valence-electron chi connectivity index (χ2n) is 5.72. The molecule has 0 N–H and O–H groups in total. The summed E-state index contributed by atoms with van der Waals surface area (Å²) in [4.78, 5) is 28.4. The molecule has 2 heterocycles. The van der Waals surface area contributed by atoms with Crippen LogP contribution in [-0.2, 0) is 9.59 Å². The molecule has 2 aliphatic heterocycles. The monoisotopic (exact) mass is 252 g/mol. The van der Waals surface area contributed by atoms with Crippen LogP contribution in [0.15, 0.2) is 0 Å². The molecule has 2 rings (SSSR count). The first-order valence-corrected chi connectivity index (χ1v) is 7.17. The molecular weight excluding hydrogens is 228 g/mol. The topological polar surface area (TPSA) is 40.6 Å². The maximum atomic E-state index is 12.5. The van der Waals surface area contributed by atoms with Gasteiger partial charge in [0, 0.05) is 13.1 Å². The SMILES string of the molecule is CCC(C)CN1C(=O)C2CCCCN2C(=O)C1C. The van der Waals surface area contributed by atoms with Gasteiger partial charge >= 0.3 is 0 Å². The van der Waals surface area contributed by atoms with E-state index in [1.807, 2.05) is 16.7 Å². The van der Waals surface area contributed by atoms with Gasteiger partial charge in [0.15, 0.2) is 0 Å². The normalized spacial score (nSPS) is 30.4. The lowest BCUT2D eigenvalue weighted by atomic mass is 9.94. The minimum atomic E-state index is -0.277. The van der Waals surface area contributed by atoms with Crippen LogP contribution in [0.4, 0.5) is 0 Å². The van der Waals surface area contributed by atoms with E-state index in [-0.39, 0.29) is 23.9 Å². The summed E-state index contributed by atoms with van der Waals surface area (Å²) >= 11 is 0. The molecule has 0 radical (unpaired) electrons. The van der Waals surface area contributed by atoms with Crippen LogP contribution in [-0.4, -0.2) is 46.8 Å². The lowest BCUT2D eigenvalue weighted by molar-refractivity contribution is -0.163. The van der Waals surface area contributed by atoms with E-state index >= 15 is 0 Å². The lowest BCUT2D eigenvalue weighted by Crippen LogP contribution is -2.65. The van der Waals surface area contributed by atoms with E-state index in [1.165, 1.54) is 0 Å². The average Bonchev–Trinajstić information content (AvgIpc) is 2.40. The highest BCUT2D eigenvalue weighted by atomic mass is 16.2. The van der Waals surface area contributed by atoms with Crippen LogP contribution in [0.25, 0.3) is 0 Å². The standard InChI is InChI=1S/C14H24N2O2/c1-4-10(2)9-16-11(3)13(17)15-8-6-5-7-12(15)14(16)18/h10-12H,4-9H2,1-3H3. The van der Waals surface area contributed by atoms with E-state index in [2.05, 4.69) is 13.8 Å². The van der Waals surface area contributed by atoms with Crippen LogP contribution in [0.5, 0.6) is 0 Å². The zero-order valence-electron chi connectivity index (χ0n) is 11.7. The number of carbonyl (C=O) groups excluding carboxylic acids is 2. The van der Waals surface area contributed by atoms with Crippen molar-refractivity contribution in [3.8, 4) is 0 Å². The molecule has 2 aliphatic rings. The van der Waals surface area contributed by atoms with Crippen molar-refractivity contribution in [2.45, 2.75) is 58.5 Å². The number of carbonyl (C=O) groups is 2. The number of nitrogens with zero attached hydrogens (tertiary/aromatic N) is 2. The molecule has 3 unspecified atom stereocenters. The molecule has 0 saturated carbocycles. The smallest absolute Gasteiger partial charge is 0.246 e. The Morgan fingerprint density at radius 3 is 2.67 bits per heavy atom. The summed E-state index contributed by atoms with van der Waals surface area (Å²) in [7, 11) is 0. The van der Waals surface area contributed by atoms with Gasteiger partial charge in [-0.15, -0.1) is 0 Å². The Labute approximate surface area is 109 Å². The molecule has 18 heavy (non-hydrogen) atoms.